The Morgan fingerprint density at radius 3 is 2.44 bits per heavy atom. The van der Waals surface area contributed by atoms with Gasteiger partial charge >= 0.3 is 0 Å². The number of aryl methyl sites for hydroxylation is 1. The van der Waals surface area contributed by atoms with E-state index in [1.165, 1.54) is 0 Å². The molecule has 1 aromatic rings. The van der Waals surface area contributed by atoms with E-state index in [2.05, 4.69) is 10.6 Å². The van der Waals surface area contributed by atoms with Gasteiger partial charge in [-0.2, -0.15) is 0 Å². The van der Waals surface area contributed by atoms with Crippen LogP contribution < -0.4 is 10.6 Å². The molecule has 88 valence electrons. The molecule has 16 heavy (non-hydrogen) atoms. The van der Waals surface area contributed by atoms with E-state index >= 15 is 0 Å². The lowest BCUT2D eigenvalue weighted by atomic mass is 10.2. The molecule has 1 aliphatic rings. The molecule has 4 nitrogen and oxygen atoms in total. The van der Waals surface area contributed by atoms with Gasteiger partial charge in [-0.3, -0.25) is 5.32 Å². The molecule has 1 saturated heterocycles. The molecule has 2 N–H and O–H groups in total. The first-order chi connectivity index (χ1) is 7.60. The molecule has 0 aliphatic carbocycles. The maximum absolute atomic E-state index is 12.2. The monoisotopic (exact) mass is 240 g/mol. The average Bonchev–Trinajstić information content (AvgIpc) is 2.31. The smallest absolute Gasteiger partial charge is 0.195 e. The summed E-state index contributed by atoms with van der Waals surface area (Å²) in [5.41, 5.74) is 1.06. The highest BCUT2D eigenvalue weighted by molar-refractivity contribution is 7.92. The minimum absolute atomic E-state index is 0.388. The van der Waals surface area contributed by atoms with Crippen molar-refractivity contribution in [2.75, 3.05) is 19.6 Å². The molecule has 0 amide bonds. The Morgan fingerprint density at radius 1 is 1.19 bits per heavy atom. The molecule has 2 rings (SSSR count). The van der Waals surface area contributed by atoms with Crippen LogP contribution in [-0.4, -0.2) is 33.4 Å². The molecule has 1 fully saturated rings. The number of nitrogens with one attached hydrogen (secondary N) is 2. The van der Waals surface area contributed by atoms with E-state index in [1.807, 2.05) is 19.1 Å². The van der Waals surface area contributed by atoms with Crippen LogP contribution in [0.3, 0.4) is 0 Å². The Kier molecular flexibility index (Phi) is 3.28. The zero-order chi connectivity index (χ0) is 11.6. The molecule has 1 aromatic carbocycles. The predicted molar refractivity (Wildman–Crippen MR) is 63.0 cm³/mol. The summed E-state index contributed by atoms with van der Waals surface area (Å²) in [6.45, 7) is 3.92. The first-order valence-electron chi connectivity index (χ1n) is 5.35. The van der Waals surface area contributed by atoms with Crippen LogP contribution in [0.25, 0.3) is 0 Å². The van der Waals surface area contributed by atoms with E-state index in [9.17, 15) is 8.42 Å². The van der Waals surface area contributed by atoms with Crippen molar-refractivity contribution in [2.24, 2.45) is 0 Å². The maximum atomic E-state index is 12.2. The van der Waals surface area contributed by atoms with Gasteiger partial charge in [0.05, 0.1) is 4.90 Å². The van der Waals surface area contributed by atoms with Gasteiger partial charge in [0, 0.05) is 19.6 Å². The van der Waals surface area contributed by atoms with Crippen LogP contribution in [0.4, 0.5) is 0 Å². The summed E-state index contributed by atoms with van der Waals surface area (Å²) in [6, 6.07) is 6.98. The quantitative estimate of drug-likeness (QED) is 0.780. The van der Waals surface area contributed by atoms with Crippen LogP contribution in [-0.2, 0) is 9.84 Å². The Hall–Kier alpha value is -0.910. The summed E-state index contributed by atoms with van der Waals surface area (Å²) in [4.78, 5) is 0.388. The van der Waals surface area contributed by atoms with Gasteiger partial charge in [-0.05, 0) is 19.1 Å². The number of piperazine rings is 1. The predicted octanol–water partition coefficient (Wildman–Crippen LogP) is 0.288. The van der Waals surface area contributed by atoms with E-state index in [4.69, 9.17) is 0 Å². The molecule has 0 saturated carbocycles. The zero-order valence-corrected chi connectivity index (χ0v) is 10.0. The van der Waals surface area contributed by atoms with Gasteiger partial charge in [0.15, 0.2) is 9.84 Å². The van der Waals surface area contributed by atoms with Crippen molar-refractivity contribution in [3.8, 4) is 0 Å². The van der Waals surface area contributed by atoms with Crippen molar-refractivity contribution in [2.45, 2.75) is 17.2 Å². The van der Waals surface area contributed by atoms with Crippen LogP contribution >= 0.6 is 0 Å². The highest BCUT2D eigenvalue weighted by Crippen LogP contribution is 2.15. The van der Waals surface area contributed by atoms with Crippen LogP contribution in [0, 0.1) is 6.92 Å². The Bertz CT molecular complexity index is 447. The van der Waals surface area contributed by atoms with Crippen molar-refractivity contribution >= 4 is 9.84 Å². The third kappa shape index (κ3) is 2.26. The van der Waals surface area contributed by atoms with Crippen LogP contribution in [0.2, 0.25) is 0 Å². The van der Waals surface area contributed by atoms with Gasteiger partial charge in [0.2, 0.25) is 0 Å². The van der Waals surface area contributed by atoms with Crippen molar-refractivity contribution in [1.29, 1.82) is 0 Å². The fourth-order valence-electron chi connectivity index (χ4n) is 1.74. The molecule has 0 radical (unpaired) electrons. The zero-order valence-electron chi connectivity index (χ0n) is 9.23. The number of hydrogen-bond acceptors (Lipinski definition) is 4. The summed E-state index contributed by atoms with van der Waals surface area (Å²) < 4.78 is 24.4. The molecule has 0 aromatic heterocycles. The molecule has 1 aliphatic heterocycles. The average molecular weight is 240 g/mol. The lowest BCUT2D eigenvalue weighted by molar-refractivity contribution is 0.475. The third-order valence-corrected chi connectivity index (χ3v) is 4.74. The Balaban J connectivity index is 2.27. The highest BCUT2D eigenvalue weighted by atomic mass is 32.2. The van der Waals surface area contributed by atoms with Crippen LogP contribution in [0.5, 0.6) is 0 Å². The third-order valence-electron chi connectivity index (χ3n) is 2.73. The first kappa shape index (κ1) is 11.6. The van der Waals surface area contributed by atoms with E-state index in [0.717, 1.165) is 12.1 Å². The fraction of sp³-hybridized carbons (Fsp3) is 0.455. The minimum Gasteiger partial charge on any atom is -0.313 e. The van der Waals surface area contributed by atoms with Crippen molar-refractivity contribution in [3.05, 3.63) is 29.8 Å². The van der Waals surface area contributed by atoms with Crippen molar-refractivity contribution in [3.63, 3.8) is 0 Å². The van der Waals surface area contributed by atoms with E-state index in [0.29, 0.717) is 18.0 Å². The molecular formula is C11H16N2O2S. The van der Waals surface area contributed by atoms with Gasteiger partial charge in [0.1, 0.15) is 5.37 Å². The molecule has 1 atom stereocenters. The molecule has 0 bridgehead atoms. The molecular weight excluding hydrogens is 224 g/mol. The maximum Gasteiger partial charge on any atom is 0.195 e. The highest BCUT2D eigenvalue weighted by Gasteiger charge is 2.28. The second kappa shape index (κ2) is 4.53. The second-order valence-electron chi connectivity index (χ2n) is 4.00. The van der Waals surface area contributed by atoms with Gasteiger partial charge in [0.25, 0.3) is 0 Å². The number of rotatable bonds is 2. The summed E-state index contributed by atoms with van der Waals surface area (Å²) in [6.07, 6.45) is 0. The number of hydrogen-bond donors (Lipinski definition) is 2. The number of sulfone groups is 1. The van der Waals surface area contributed by atoms with Crippen LogP contribution in [0.1, 0.15) is 5.56 Å². The molecule has 5 heteroatoms. The summed E-state index contributed by atoms with van der Waals surface area (Å²) in [5, 5.41) is 5.59. The lowest BCUT2D eigenvalue weighted by Gasteiger charge is -2.24. The molecule has 1 unspecified atom stereocenters. The normalized spacial score (nSPS) is 21.9. The van der Waals surface area contributed by atoms with Gasteiger partial charge in [-0.25, -0.2) is 8.42 Å². The Labute approximate surface area is 96.0 Å². The van der Waals surface area contributed by atoms with Crippen LogP contribution in [0.15, 0.2) is 29.2 Å². The second-order valence-corrected chi connectivity index (χ2v) is 6.14. The van der Waals surface area contributed by atoms with E-state index < -0.39 is 15.2 Å². The lowest BCUT2D eigenvalue weighted by Crippen LogP contribution is -2.52. The summed E-state index contributed by atoms with van der Waals surface area (Å²) >= 11 is 0. The minimum atomic E-state index is -3.25. The molecule has 0 spiro atoms. The SMILES string of the molecule is Cc1ccc(S(=O)(=O)C2CNCCN2)cc1. The topological polar surface area (TPSA) is 58.2 Å². The van der Waals surface area contributed by atoms with Crippen molar-refractivity contribution in [1.82, 2.24) is 10.6 Å². The van der Waals surface area contributed by atoms with Gasteiger partial charge in [-0.15, -0.1) is 0 Å². The number of benzene rings is 1. The van der Waals surface area contributed by atoms with E-state index in [1.54, 1.807) is 12.1 Å². The summed E-state index contributed by atoms with van der Waals surface area (Å²) in [7, 11) is -3.25. The first-order valence-corrected chi connectivity index (χ1v) is 6.90. The van der Waals surface area contributed by atoms with Gasteiger partial charge in [-0.1, -0.05) is 17.7 Å². The standard InChI is InChI=1S/C11H16N2O2S/c1-9-2-4-10(5-3-9)16(14,15)11-8-12-6-7-13-11/h2-5,11-13H,6-8H2,1H3. The van der Waals surface area contributed by atoms with Crippen molar-refractivity contribution < 1.29 is 8.42 Å². The summed E-state index contributed by atoms with van der Waals surface area (Å²) in [5.74, 6) is 0. The largest absolute Gasteiger partial charge is 0.313 e. The van der Waals surface area contributed by atoms with Gasteiger partial charge < -0.3 is 5.32 Å². The molecule has 1 heterocycles. The Morgan fingerprint density at radius 2 is 1.88 bits per heavy atom. The fourth-order valence-corrected chi connectivity index (χ4v) is 3.26. The van der Waals surface area contributed by atoms with E-state index in [-0.39, 0.29) is 0 Å².